The third-order valence-corrected chi connectivity index (χ3v) is 3.57. The van der Waals surface area contributed by atoms with Gasteiger partial charge in [-0.3, -0.25) is 0 Å². The molecule has 1 aliphatic heterocycles. The highest BCUT2D eigenvalue weighted by Crippen LogP contribution is 2.28. The van der Waals surface area contributed by atoms with Crippen LogP contribution in [0, 0.1) is 0 Å². The number of aromatic nitrogens is 2. The average Bonchev–Trinajstić information content (AvgIpc) is 3.04. The zero-order chi connectivity index (χ0) is 13.0. The van der Waals surface area contributed by atoms with Crippen molar-refractivity contribution in [3.05, 3.63) is 11.7 Å². The Balaban J connectivity index is 2.03. The molecule has 18 heavy (non-hydrogen) atoms. The second-order valence-corrected chi connectivity index (χ2v) is 4.85. The van der Waals surface area contributed by atoms with Crippen LogP contribution in [0.25, 0.3) is 0 Å². The first-order valence-electron chi connectivity index (χ1n) is 6.94. The van der Waals surface area contributed by atoms with E-state index in [0.717, 1.165) is 32.4 Å². The number of nitrogens with zero attached hydrogens (tertiary/aromatic N) is 2. The van der Waals surface area contributed by atoms with E-state index in [0.29, 0.717) is 17.8 Å². The van der Waals surface area contributed by atoms with Gasteiger partial charge in [0.2, 0.25) is 11.7 Å². The lowest BCUT2D eigenvalue weighted by Crippen LogP contribution is -2.33. The van der Waals surface area contributed by atoms with Gasteiger partial charge in [0.05, 0.1) is 5.92 Å². The zero-order valence-electron chi connectivity index (χ0n) is 11.5. The summed E-state index contributed by atoms with van der Waals surface area (Å²) < 4.78 is 11.0. The largest absolute Gasteiger partial charge is 0.370 e. The lowest BCUT2D eigenvalue weighted by Gasteiger charge is -2.20. The Morgan fingerprint density at radius 3 is 2.89 bits per heavy atom. The lowest BCUT2D eigenvalue weighted by atomic mass is 9.99. The Bertz CT molecular complexity index is 361. The van der Waals surface area contributed by atoms with E-state index in [4.69, 9.17) is 9.26 Å². The highest BCUT2D eigenvalue weighted by molar-refractivity contribution is 5.00. The van der Waals surface area contributed by atoms with Crippen LogP contribution in [0.3, 0.4) is 0 Å². The molecule has 1 N–H and O–H groups in total. The first-order valence-corrected chi connectivity index (χ1v) is 6.94. The maximum atomic E-state index is 5.57. The summed E-state index contributed by atoms with van der Waals surface area (Å²) in [4.78, 5) is 4.50. The molecule has 1 aromatic heterocycles. The fraction of sp³-hybridized carbons (Fsp3) is 0.846. The molecule has 0 bridgehead atoms. The fourth-order valence-corrected chi connectivity index (χ4v) is 2.45. The van der Waals surface area contributed by atoms with Crippen molar-refractivity contribution in [2.75, 3.05) is 13.2 Å². The minimum atomic E-state index is 0.0360. The third-order valence-electron chi connectivity index (χ3n) is 3.57. The molecule has 3 unspecified atom stereocenters. The third kappa shape index (κ3) is 2.90. The zero-order valence-corrected chi connectivity index (χ0v) is 11.5. The van der Waals surface area contributed by atoms with Gasteiger partial charge in [-0.25, -0.2) is 0 Å². The molecule has 5 nitrogen and oxygen atoms in total. The normalized spacial score (nSPS) is 23.2. The van der Waals surface area contributed by atoms with Crippen molar-refractivity contribution in [3.8, 4) is 0 Å². The number of nitrogens with one attached hydrogen (secondary N) is 1. The first kappa shape index (κ1) is 13.5. The molecule has 0 aliphatic carbocycles. The highest BCUT2D eigenvalue weighted by atomic mass is 16.5. The van der Waals surface area contributed by atoms with Gasteiger partial charge in [0.25, 0.3) is 0 Å². The average molecular weight is 253 g/mol. The molecule has 5 heteroatoms. The lowest BCUT2D eigenvalue weighted by molar-refractivity contribution is 0.103. The van der Waals surface area contributed by atoms with Crippen LogP contribution < -0.4 is 5.32 Å². The van der Waals surface area contributed by atoms with Gasteiger partial charge in [-0.2, -0.15) is 4.98 Å². The first-order chi connectivity index (χ1) is 8.76. The number of ether oxygens (including phenoxy) is 1. The molecule has 2 rings (SSSR count). The van der Waals surface area contributed by atoms with Crippen LogP contribution in [0.1, 0.15) is 63.8 Å². The molecule has 0 amide bonds. The molecule has 2 heterocycles. The van der Waals surface area contributed by atoms with Crippen molar-refractivity contribution in [1.82, 2.24) is 15.5 Å². The van der Waals surface area contributed by atoms with Crippen LogP contribution >= 0.6 is 0 Å². The maximum Gasteiger partial charge on any atom is 0.231 e. The smallest absolute Gasteiger partial charge is 0.231 e. The van der Waals surface area contributed by atoms with E-state index in [-0.39, 0.29) is 12.0 Å². The molecule has 102 valence electrons. The number of hydrogen-bond acceptors (Lipinski definition) is 5. The van der Waals surface area contributed by atoms with Gasteiger partial charge in [-0.15, -0.1) is 0 Å². The predicted octanol–water partition coefficient (Wildman–Crippen LogP) is 2.41. The second-order valence-electron chi connectivity index (χ2n) is 4.85. The molecule has 0 aromatic carbocycles. The van der Waals surface area contributed by atoms with Crippen LogP contribution in [-0.2, 0) is 4.74 Å². The summed E-state index contributed by atoms with van der Waals surface area (Å²) in [5.74, 6) is 1.66. The molecular formula is C13H23N3O2. The Hall–Kier alpha value is -0.940. The highest BCUT2D eigenvalue weighted by Gasteiger charge is 2.27. The quantitative estimate of drug-likeness (QED) is 0.843. The van der Waals surface area contributed by atoms with Gasteiger partial charge in [-0.1, -0.05) is 25.9 Å². The van der Waals surface area contributed by atoms with Crippen LogP contribution in [-0.4, -0.2) is 29.3 Å². The number of likely N-dealkylation sites (N-methyl/N-ethyl adjacent to an activating group) is 1. The second kappa shape index (κ2) is 6.29. The molecule has 0 radical (unpaired) electrons. The van der Waals surface area contributed by atoms with Gasteiger partial charge >= 0.3 is 0 Å². The maximum absolute atomic E-state index is 5.57. The van der Waals surface area contributed by atoms with Crippen molar-refractivity contribution in [2.24, 2.45) is 0 Å². The molecule has 3 atom stereocenters. The summed E-state index contributed by atoms with van der Waals surface area (Å²) in [5.41, 5.74) is 0. The summed E-state index contributed by atoms with van der Waals surface area (Å²) in [6.45, 7) is 8.17. The van der Waals surface area contributed by atoms with Gasteiger partial charge in [0, 0.05) is 12.6 Å². The van der Waals surface area contributed by atoms with Crippen molar-refractivity contribution in [1.29, 1.82) is 0 Å². The van der Waals surface area contributed by atoms with Crippen molar-refractivity contribution >= 4 is 0 Å². The number of hydrogen-bond donors (Lipinski definition) is 1. The van der Waals surface area contributed by atoms with Crippen molar-refractivity contribution < 1.29 is 9.26 Å². The summed E-state index contributed by atoms with van der Waals surface area (Å²) in [6, 6.07) is 0.382. The topological polar surface area (TPSA) is 60.2 Å². The molecule has 1 saturated heterocycles. The van der Waals surface area contributed by atoms with Crippen molar-refractivity contribution in [3.63, 3.8) is 0 Å². The van der Waals surface area contributed by atoms with E-state index in [1.54, 1.807) is 0 Å². The van der Waals surface area contributed by atoms with Gasteiger partial charge in [0.1, 0.15) is 6.10 Å². The van der Waals surface area contributed by atoms with E-state index in [1.807, 2.05) is 0 Å². The minimum absolute atomic E-state index is 0.0360. The Labute approximate surface area is 108 Å². The van der Waals surface area contributed by atoms with Crippen molar-refractivity contribution in [2.45, 2.75) is 58.1 Å². The van der Waals surface area contributed by atoms with Crippen LogP contribution in [0.2, 0.25) is 0 Å². The van der Waals surface area contributed by atoms with E-state index in [1.165, 1.54) is 0 Å². The molecule has 1 aromatic rings. The van der Waals surface area contributed by atoms with E-state index in [2.05, 4.69) is 36.2 Å². The van der Waals surface area contributed by atoms with Gasteiger partial charge in [0.15, 0.2) is 0 Å². The van der Waals surface area contributed by atoms with Gasteiger partial charge < -0.3 is 14.6 Å². The fourth-order valence-electron chi connectivity index (χ4n) is 2.45. The summed E-state index contributed by atoms with van der Waals surface area (Å²) in [6.07, 6.45) is 3.16. The number of rotatable bonds is 6. The van der Waals surface area contributed by atoms with Crippen LogP contribution in [0.4, 0.5) is 0 Å². The Morgan fingerprint density at radius 2 is 2.28 bits per heavy atom. The molecule has 0 saturated carbocycles. The van der Waals surface area contributed by atoms with Crippen LogP contribution in [0.15, 0.2) is 4.52 Å². The molecular weight excluding hydrogens is 230 g/mol. The standard InChI is InChI=1S/C13H23N3O2/c1-4-10(14-5-2)9(3)13-15-12(16-18-13)11-7-6-8-17-11/h9-11,14H,4-8H2,1-3H3. The Morgan fingerprint density at radius 1 is 1.44 bits per heavy atom. The minimum Gasteiger partial charge on any atom is -0.370 e. The summed E-state index contributed by atoms with van der Waals surface area (Å²) in [7, 11) is 0. The Kier molecular flexibility index (Phi) is 4.72. The van der Waals surface area contributed by atoms with E-state index < -0.39 is 0 Å². The van der Waals surface area contributed by atoms with Crippen LogP contribution in [0.5, 0.6) is 0 Å². The van der Waals surface area contributed by atoms with E-state index >= 15 is 0 Å². The monoisotopic (exact) mass is 253 g/mol. The molecule has 1 aliphatic rings. The molecule has 1 fully saturated rings. The summed E-state index contributed by atoms with van der Waals surface area (Å²) in [5, 5.41) is 7.51. The molecule has 0 spiro atoms. The summed E-state index contributed by atoms with van der Waals surface area (Å²) >= 11 is 0. The predicted molar refractivity (Wildman–Crippen MR) is 68.4 cm³/mol. The van der Waals surface area contributed by atoms with Gasteiger partial charge in [-0.05, 0) is 25.8 Å². The SMILES string of the molecule is CCNC(CC)C(C)c1nc(C2CCCO2)no1. The van der Waals surface area contributed by atoms with E-state index in [9.17, 15) is 0 Å².